The molecule has 0 radical (unpaired) electrons. The molecule has 1 aromatic heterocycles. The van der Waals surface area contributed by atoms with E-state index in [4.69, 9.17) is 4.74 Å². The maximum atomic E-state index is 12.7. The summed E-state index contributed by atoms with van der Waals surface area (Å²) in [5.74, 6) is 0.696. The lowest BCUT2D eigenvalue weighted by Crippen LogP contribution is -2.41. The third-order valence-electron chi connectivity index (χ3n) is 6.50. The zero-order valence-corrected chi connectivity index (χ0v) is 18.4. The van der Waals surface area contributed by atoms with E-state index in [0.29, 0.717) is 24.2 Å². The highest BCUT2D eigenvalue weighted by Crippen LogP contribution is 2.31. The molecule has 2 amide bonds. The fourth-order valence-corrected chi connectivity index (χ4v) is 4.67. The van der Waals surface area contributed by atoms with Gasteiger partial charge in [-0.3, -0.25) is 14.6 Å². The fourth-order valence-electron chi connectivity index (χ4n) is 4.67. The lowest BCUT2D eigenvalue weighted by Gasteiger charge is -2.32. The minimum Gasteiger partial charge on any atom is -0.490 e. The zero-order valence-electron chi connectivity index (χ0n) is 18.4. The van der Waals surface area contributed by atoms with E-state index >= 15 is 0 Å². The van der Waals surface area contributed by atoms with Gasteiger partial charge in [0.15, 0.2) is 0 Å². The van der Waals surface area contributed by atoms with Crippen LogP contribution in [0.2, 0.25) is 0 Å². The highest BCUT2D eigenvalue weighted by molar-refractivity contribution is 5.95. The molecule has 0 bridgehead atoms. The number of likely N-dealkylation sites (tertiary alicyclic amines) is 1. The molecule has 2 aliphatic rings. The summed E-state index contributed by atoms with van der Waals surface area (Å²) in [5, 5.41) is 3.16. The smallest absolute Gasteiger partial charge is 0.255 e. The Kier molecular flexibility index (Phi) is 6.07. The number of carbonyl (C=O) groups is 2. The number of carbonyl (C=O) groups excluding carboxylic acids is 2. The second kappa shape index (κ2) is 9.45. The molecule has 6 heteroatoms. The molecule has 1 aliphatic carbocycles. The van der Waals surface area contributed by atoms with Gasteiger partial charge in [-0.25, -0.2) is 0 Å². The molecule has 0 spiro atoms. The second-order valence-electron chi connectivity index (χ2n) is 8.64. The van der Waals surface area contributed by atoms with E-state index in [9.17, 15) is 9.59 Å². The van der Waals surface area contributed by atoms with Crippen LogP contribution < -0.4 is 10.1 Å². The average molecular weight is 442 g/mol. The largest absolute Gasteiger partial charge is 0.490 e. The summed E-state index contributed by atoms with van der Waals surface area (Å²) in [5.41, 5.74) is 3.79. The molecule has 1 atom stereocenters. The number of aryl methyl sites for hydroxylation is 1. The van der Waals surface area contributed by atoms with Gasteiger partial charge in [0.2, 0.25) is 0 Å². The van der Waals surface area contributed by atoms with E-state index in [0.717, 1.165) is 31.4 Å². The highest BCUT2D eigenvalue weighted by Gasteiger charge is 2.26. The number of nitrogens with zero attached hydrogens (tertiary/aromatic N) is 2. The van der Waals surface area contributed by atoms with Gasteiger partial charge < -0.3 is 15.0 Å². The molecular weight excluding hydrogens is 414 g/mol. The summed E-state index contributed by atoms with van der Waals surface area (Å²) in [4.78, 5) is 31.2. The number of piperidine rings is 1. The van der Waals surface area contributed by atoms with E-state index in [2.05, 4.69) is 22.4 Å². The molecule has 1 N–H and O–H groups in total. The van der Waals surface area contributed by atoms with Crippen LogP contribution in [0.15, 0.2) is 73.1 Å². The lowest BCUT2D eigenvalue weighted by atomic mass is 10.1. The predicted molar refractivity (Wildman–Crippen MR) is 125 cm³/mol. The maximum absolute atomic E-state index is 12.7. The number of hydrogen-bond acceptors (Lipinski definition) is 4. The van der Waals surface area contributed by atoms with Crippen LogP contribution in [0, 0.1) is 0 Å². The SMILES string of the molecule is O=C(NC1CCc2ccccc21)c1ccc(OC2CCN(C(=O)c3cccnc3)CC2)cc1. The first-order valence-electron chi connectivity index (χ1n) is 11.5. The summed E-state index contributed by atoms with van der Waals surface area (Å²) in [6.07, 6.45) is 6.81. The molecule has 1 fully saturated rings. The van der Waals surface area contributed by atoms with E-state index in [1.807, 2.05) is 41.3 Å². The Balaban J connectivity index is 1.13. The molecule has 3 aromatic rings. The van der Waals surface area contributed by atoms with Gasteiger partial charge in [-0.05, 0) is 60.4 Å². The van der Waals surface area contributed by atoms with Crippen molar-refractivity contribution in [1.82, 2.24) is 15.2 Å². The third-order valence-corrected chi connectivity index (χ3v) is 6.50. The van der Waals surface area contributed by atoms with Crippen LogP contribution >= 0.6 is 0 Å². The van der Waals surface area contributed by atoms with Crippen LogP contribution in [-0.4, -0.2) is 40.9 Å². The van der Waals surface area contributed by atoms with Gasteiger partial charge in [0, 0.05) is 43.9 Å². The Morgan fingerprint density at radius 2 is 1.70 bits per heavy atom. The van der Waals surface area contributed by atoms with Crippen molar-refractivity contribution in [3.8, 4) is 5.75 Å². The second-order valence-corrected chi connectivity index (χ2v) is 8.64. The molecular formula is C27H27N3O3. The first kappa shape index (κ1) is 21.2. The van der Waals surface area contributed by atoms with Crippen LogP contribution in [0.3, 0.4) is 0 Å². The Hall–Kier alpha value is -3.67. The minimum atomic E-state index is -0.0644. The van der Waals surface area contributed by atoms with E-state index in [1.165, 1.54) is 11.1 Å². The van der Waals surface area contributed by atoms with Crippen molar-refractivity contribution in [3.05, 3.63) is 95.3 Å². The normalized spacial score (nSPS) is 17.9. The number of aromatic nitrogens is 1. The predicted octanol–water partition coefficient (Wildman–Crippen LogP) is 4.18. The Morgan fingerprint density at radius 3 is 2.45 bits per heavy atom. The number of rotatable bonds is 5. The van der Waals surface area contributed by atoms with Crippen molar-refractivity contribution in [3.63, 3.8) is 0 Å². The molecule has 1 saturated heterocycles. The molecule has 33 heavy (non-hydrogen) atoms. The van der Waals surface area contributed by atoms with Gasteiger partial charge in [0.1, 0.15) is 11.9 Å². The highest BCUT2D eigenvalue weighted by atomic mass is 16.5. The number of benzene rings is 2. The van der Waals surface area contributed by atoms with Crippen LogP contribution in [-0.2, 0) is 6.42 Å². The summed E-state index contributed by atoms with van der Waals surface area (Å²) in [6.45, 7) is 1.31. The first-order valence-corrected chi connectivity index (χ1v) is 11.5. The van der Waals surface area contributed by atoms with Gasteiger partial charge in [-0.15, -0.1) is 0 Å². The van der Waals surface area contributed by atoms with E-state index < -0.39 is 0 Å². The van der Waals surface area contributed by atoms with Crippen molar-refractivity contribution < 1.29 is 14.3 Å². The molecule has 5 rings (SSSR count). The van der Waals surface area contributed by atoms with Gasteiger partial charge >= 0.3 is 0 Å². The average Bonchev–Trinajstić information content (AvgIpc) is 3.28. The summed E-state index contributed by atoms with van der Waals surface area (Å²) >= 11 is 0. The van der Waals surface area contributed by atoms with E-state index in [-0.39, 0.29) is 24.0 Å². The van der Waals surface area contributed by atoms with Crippen LogP contribution in [0.5, 0.6) is 5.75 Å². The monoisotopic (exact) mass is 441 g/mol. The number of ether oxygens (including phenoxy) is 1. The van der Waals surface area contributed by atoms with Crippen molar-refractivity contribution in [2.24, 2.45) is 0 Å². The molecule has 1 unspecified atom stereocenters. The van der Waals surface area contributed by atoms with Crippen LogP contribution in [0.1, 0.15) is 57.1 Å². The number of hydrogen-bond donors (Lipinski definition) is 1. The van der Waals surface area contributed by atoms with Crippen molar-refractivity contribution in [2.75, 3.05) is 13.1 Å². The van der Waals surface area contributed by atoms with Gasteiger partial charge in [-0.1, -0.05) is 24.3 Å². The minimum absolute atomic E-state index is 0.0156. The lowest BCUT2D eigenvalue weighted by molar-refractivity contribution is 0.0595. The molecule has 1 aliphatic heterocycles. The van der Waals surface area contributed by atoms with Gasteiger partial charge in [-0.2, -0.15) is 0 Å². The van der Waals surface area contributed by atoms with Gasteiger partial charge in [0.25, 0.3) is 11.8 Å². The summed E-state index contributed by atoms with van der Waals surface area (Å²) in [6, 6.07) is 19.3. The first-order chi connectivity index (χ1) is 16.2. The van der Waals surface area contributed by atoms with E-state index in [1.54, 1.807) is 24.5 Å². The Morgan fingerprint density at radius 1 is 0.909 bits per heavy atom. The number of fused-ring (bicyclic) bond motifs is 1. The Bertz CT molecular complexity index is 1120. The number of pyridine rings is 1. The molecule has 0 saturated carbocycles. The van der Waals surface area contributed by atoms with Crippen molar-refractivity contribution in [1.29, 1.82) is 0 Å². The number of amides is 2. The van der Waals surface area contributed by atoms with Crippen molar-refractivity contribution >= 4 is 11.8 Å². The third kappa shape index (κ3) is 4.75. The fraction of sp³-hybridized carbons (Fsp3) is 0.296. The topological polar surface area (TPSA) is 71.5 Å². The van der Waals surface area contributed by atoms with Crippen LogP contribution in [0.25, 0.3) is 0 Å². The maximum Gasteiger partial charge on any atom is 0.255 e. The molecule has 168 valence electrons. The Labute approximate surface area is 193 Å². The quantitative estimate of drug-likeness (QED) is 0.645. The van der Waals surface area contributed by atoms with Crippen LogP contribution in [0.4, 0.5) is 0 Å². The van der Waals surface area contributed by atoms with Crippen molar-refractivity contribution in [2.45, 2.75) is 37.8 Å². The standard InChI is InChI=1S/C27H27N3O3/c31-26(29-25-12-9-19-4-1-2-6-24(19)25)20-7-10-22(11-8-20)33-23-13-16-30(17-14-23)27(32)21-5-3-15-28-18-21/h1-8,10-11,15,18,23,25H,9,12-14,16-17H2,(H,29,31). The number of nitrogens with one attached hydrogen (secondary N) is 1. The van der Waals surface area contributed by atoms with Gasteiger partial charge in [0.05, 0.1) is 11.6 Å². The molecule has 2 aromatic carbocycles. The molecule has 2 heterocycles. The zero-order chi connectivity index (χ0) is 22.6. The summed E-state index contributed by atoms with van der Waals surface area (Å²) in [7, 11) is 0. The summed E-state index contributed by atoms with van der Waals surface area (Å²) < 4.78 is 6.12. The molecule has 6 nitrogen and oxygen atoms in total.